The summed E-state index contributed by atoms with van der Waals surface area (Å²) in [5.74, 6) is 1.47. The summed E-state index contributed by atoms with van der Waals surface area (Å²) in [6.07, 6.45) is 9.27. The number of benzene rings is 1. The van der Waals surface area contributed by atoms with Crippen molar-refractivity contribution in [3.8, 4) is 5.75 Å². The summed E-state index contributed by atoms with van der Waals surface area (Å²) < 4.78 is 10.7. The Kier molecular flexibility index (Phi) is 5.04. The van der Waals surface area contributed by atoms with E-state index in [0.717, 1.165) is 18.6 Å². The predicted molar refractivity (Wildman–Crippen MR) is 93.9 cm³/mol. The van der Waals surface area contributed by atoms with Crippen LogP contribution < -0.4 is 10.1 Å². The molecule has 126 valence electrons. The molecular formula is C20H23NO3. The van der Waals surface area contributed by atoms with Gasteiger partial charge in [0.2, 0.25) is 5.91 Å². The smallest absolute Gasteiger partial charge is 0.244 e. The second kappa shape index (κ2) is 7.39. The Morgan fingerprint density at radius 1 is 1.25 bits per heavy atom. The number of methoxy groups -OCH3 is 1. The molecule has 1 heterocycles. The van der Waals surface area contributed by atoms with E-state index in [9.17, 15) is 4.79 Å². The van der Waals surface area contributed by atoms with E-state index in [1.54, 1.807) is 25.5 Å². The minimum absolute atomic E-state index is 0.0409. The lowest BCUT2D eigenvalue weighted by atomic mass is 9.78. The summed E-state index contributed by atoms with van der Waals surface area (Å²) in [6.45, 7) is 0.620. The molecule has 0 atom stereocenters. The van der Waals surface area contributed by atoms with E-state index < -0.39 is 0 Å². The lowest BCUT2D eigenvalue weighted by molar-refractivity contribution is -0.116. The van der Waals surface area contributed by atoms with Crippen molar-refractivity contribution in [3.05, 3.63) is 60.1 Å². The van der Waals surface area contributed by atoms with Crippen molar-refractivity contribution in [2.24, 2.45) is 0 Å². The van der Waals surface area contributed by atoms with E-state index >= 15 is 0 Å². The van der Waals surface area contributed by atoms with Gasteiger partial charge in [-0.3, -0.25) is 4.79 Å². The van der Waals surface area contributed by atoms with Crippen LogP contribution in [0, 0.1) is 0 Å². The molecule has 1 aromatic heterocycles. The Balaban J connectivity index is 1.71. The van der Waals surface area contributed by atoms with Crippen LogP contribution in [-0.2, 0) is 10.2 Å². The van der Waals surface area contributed by atoms with Crippen LogP contribution in [0.3, 0.4) is 0 Å². The molecule has 0 spiro atoms. The Hall–Kier alpha value is -2.49. The number of rotatable bonds is 6. The van der Waals surface area contributed by atoms with Gasteiger partial charge in [0.15, 0.2) is 0 Å². The van der Waals surface area contributed by atoms with Crippen molar-refractivity contribution in [2.75, 3.05) is 13.7 Å². The molecule has 1 saturated carbocycles. The molecular weight excluding hydrogens is 302 g/mol. The zero-order chi connectivity index (χ0) is 16.8. The summed E-state index contributed by atoms with van der Waals surface area (Å²) in [4.78, 5) is 12.2. The molecule has 3 rings (SSSR count). The van der Waals surface area contributed by atoms with E-state index in [2.05, 4.69) is 11.4 Å². The van der Waals surface area contributed by atoms with Gasteiger partial charge in [-0.2, -0.15) is 0 Å². The molecule has 0 radical (unpaired) electrons. The molecule has 0 bridgehead atoms. The highest BCUT2D eigenvalue weighted by molar-refractivity contribution is 5.91. The predicted octanol–water partition coefficient (Wildman–Crippen LogP) is 3.93. The monoisotopic (exact) mass is 325 g/mol. The molecule has 0 saturated heterocycles. The molecule has 1 aromatic carbocycles. The Morgan fingerprint density at radius 2 is 2.04 bits per heavy atom. The first-order valence-corrected chi connectivity index (χ1v) is 8.36. The van der Waals surface area contributed by atoms with Crippen molar-refractivity contribution in [1.82, 2.24) is 5.32 Å². The van der Waals surface area contributed by atoms with Gasteiger partial charge in [0.05, 0.1) is 13.4 Å². The van der Waals surface area contributed by atoms with Crippen LogP contribution >= 0.6 is 0 Å². The zero-order valence-corrected chi connectivity index (χ0v) is 14.0. The fraction of sp³-hybridized carbons (Fsp3) is 0.350. The molecule has 1 amide bonds. The molecule has 1 aliphatic carbocycles. The maximum absolute atomic E-state index is 12.2. The number of para-hydroxylation sites is 1. The van der Waals surface area contributed by atoms with Gasteiger partial charge in [0, 0.05) is 23.6 Å². The number of furan rings is 1. The maximum Gasteiger partial charge on any atom is 0.244 e. The molecule has 1 fully saturated rings. The van der Waals surface area contributed by atoms with Gasteiger partial charge < -0.3 is 14.5 Å². The van der Waals surface area contributed by atoms with Crippen LogP contribution in [0.5, 0.6) is 5.75 Å². The number of ether oxygens (including phenoxy) is 1. The fourth-order valence-corrected chi connectivity index (χ4v) is 3.54. The first-order chi connectivity index (χ1) is 11.7. The Labute approximate surface area is 142 Å². The van der Waals surface area contributed by atoms with Crippen LogP contribution in [0.15, 0.2) is 53.2 Å². The minimum Gasteiger partial charge on any atom is -0.496 e. The summed E-state index contributed by atoms with van der Waals surface area (Å²) in [5, 5.41) is 3.05. The third-order valence-corrected chi connectivity index (χ3v) is 4.78. The van der Waals surface area contributed by atoms with Gasteiger partial charge in [0.25, 0.3) is 0 Å². The third kappa shape index (κ3) is 3.53. The van der Waals surface area contributed by atoms with Crippen molar-refractivity contribution in [2.45, 2.75) is 31.1 Å². The minimum atomic E-state index is -0.104. The number of hydrogen-bond acceptors (Lipinski definition) is 3. The normalized spacial score (nSPS) is 16.4. The zero-order valence-electron chi connectivity index (χ0n) is 14.0. The summed E-state index contributed by atoms with van der Waals surface area (Å²) in [5.41, 5.74) is 1.15. The average molecular weight is 325 g/mol. The van der Waals surface area contributed by atoms with E-state index in [1.165, 1.54) is 24.5 Å². The van der Waals surface area contributed by atoms with Crippen molar-refractivity contribution >= 4 is 12.0 Å². The largest absolute Gasteiger partial charge is 0.496 e. The van der Waals surface area contributed by atoms with Crippen LogP contribution in [0.4, 0.5) is 0 Å². The van der Waals surface area contributed by atoms with E-state index in [-0.39, 0.29) is 11.3 Å². The molecule has 0 unspecified atom stereocenters. The molecule has 24 heavy (non-hydrogen) atoms. The van der Waals surface area contributed by atoms with E-state index in [4.69, 9.17) is 9.15 Å². The maximum atomic E-state index is 12.2. The van der Waals surface area contributed by atoms with Gasteiger partial charge in [0.1, 0.15) is 11.5 Å². The first-order valence-electron chi connectivity index (χ1n) is 8.36. The van der Waals surface area contributed by atoms with Crippen LogP contribution in [0.2, 0.25) is 0 Å². The molecule has 0 aliphatic heterocycles. The quantitative estimate of drug-likeness (QED) is 0.819. The third-order valence-electron chi connectivity index (χ3n) is 4.78. The number of carbonyl (C=O) groups is 1. The SMILES string of the molecule is COc1ccccc1C1(CNC(=O)C=Cc2ccco2)CCCC1. The van der Waals surface area contributed by atoms with Crippen LogP contribution in [-0.4, -0.2) is 19.6 Å². The first kappa shape index (κ1) is 16.4. The van der Waals surface area contributed by atoms with Crippen LogP contribution in [0.25, 0.3) is 6.08 Å². The topological polar surface area (TPSA) is 51.5 Å². The highest BCUT2D eigenvalue weighted by Crippen LogP contribution is 2.44. The van der Waals surface area contributed by atoms with E-state index in [0.29, 0.717) is 12.3 Å². The highest BCUT2D eigenvalue weighted by Gasteiger charge is 2.37. The van der Waals surface area contributed by atoms with Crippen molar-refractivity contribution in [1.29, 1.82) is 0 Å². The summed E-state index contributed by atoms with van der Waals surface area (Å²) >= 11 is 0. The second-order valence-electron chi connectivity index (χ2n) is 6.25. The van der Waals surface area contributed by atoms with E-state index in [1.807, 2.05) is 24.3 Å². The molecule has 2 aromatic rings. The molecule has 1 aliphatic rings. The number of hydrogen-bond donors (Lipinski definition) is 1. The molecule has 1 N–H and O–H groups in total. The van der Waals surface area contributed by atoms with Crippen molar-refractivity contribution < 1.29 is 13.9 Å². The number of carbonyl (C=O) groups excluding carboxylic acids is 1. The van der Waals surface area contributed by atoms with Crippen LogP contribution in [0.1, 0.15) is 37.0 Å². The lowest BCUT2D eigenvalue weighted by Crippen LogP contribution is -2.38. The Bertz CT molecular complexity index is 697. The Morgan fingerprint density at radius 3 is 2.75 bits per heavy atom. The summed E-state index contributed by atoms with van der Waals surface area (Å²) in [7, 11) is 1.70. The molecule has 4 heteroatoms. The van der Waals surface area contributed by atoms with Gasteiger partial charge >= 0.3 is 0 Å². The van der Waals surface area contributed by atoms with Gasteiger partial charge in [-0.05, 0) is 37.1 Å². The van der Waals surface area contributed by atoms with Gasteiger partial charge in [-0.1, -0.05) is 31.0 Å². The fourth-order valence-electron chi connectivity index (χ4n) is 3.54. The lowest BCUT2D eigenvalue weighted by Gasteiger charge is -2.31. The van der Waals surface area contributed by atoms with Gasteiger partial charge in [-0.25, -0.2) is 0 Å². The number of nitrogens with one attached hydrogen (secondary N) is 1. The summed E-state index contributed by atoms with van der Waals surface area (Å²) in [6, 6.07) is 11.7. The van der Waals surface area contributed by atoms with Gasteiger partial charge in [-0.15, -0.1) is 0 Å². The molecule has 4 nitrogen and oxygen atoms in total. The standard InChI is InChI=1S/C20H23NO3/c1-23-18-9-3-2-8-17(18)20(12-4-5-13-20)15-21-19(22)11-10-16-7-6-14-24-16/h2-3,6-11,14H,4-5,12-13,15H2,1H3,(H,21,22). The second-order valence-corrected chi connectivity index (χ2v) is 6.25. The number of amides is 1. The highest BCUT2D eigenvalue weighted by atomic mass is 16.5. The average Bonchev–Trinajstić information content (AvgIpc) is 3.30. The van der Waals surface area contributed by atoms with Crippen molar-refractivity contribution in [3.63, 3.8) is 0 Å².